The molecule has 1 aromatic carbocycles. The number of fused-ring (bicyclic) bond motifs is 2. The molecule has 1 aromatic rings. The zero-order valence-electron chi connectivity index (χ0n) is 16.7. The maximum atomic E-state index is 13.3. The maximum absolute atomic E-state index is 13.3. The van der Waals surface area contributed by atoms with Crippen LogP contribution in [0.5, 0.6) is 0 Å². The molecule has 5 rings (SSSR count). The van der Waals surface area contributed by atoms with Crippen LogP contribution >= 0.6 is 0 Å². The molecule has 0 spiro atoms. The van der Waals surface area contributed by atoms with Crippen molar-refractivity contribution in [2.75, 3.05) is 19.6 Å². The summed E-state index contributed by atoms with van der Waals surface area (Å²) in [6.45, 7) is 3.97. The van der Waals surface area contributed by atoms with E-state index in [2.05, 4.69) is 10.2 Å². The smallest absolute Gasteiger partial charge is 0.255 e. The molecule has 7 heteroatoms. The van der Waals surface area contributed by atoms with E-state index in [-0.39, 0.29) is 29.6 Å². The van der Waals surface area contributed by atoms with Gasteiger partial charge in [-0.3, -0.25) is 24.6 Å². The molecule has 3 fully saturated rings. The number of nitrogens with two attached hydrogens (primary N) is 1. The largest absolute Gasteiger partial charge is 0.330 e. The van der Waals surface area contributed by atoms with E-state index in [1.165, 1.54) is 19.3 Å². The Balaban J connectivity index is 1.36. The van der Waals surface area contributed by atoms with Crippen LogP contribution in [-0.4, -0.2) is 53.2 Å². The molecule has 154 valence electrons. The molecule has 0 bridgehead atoms. The summed E-state index contributed by atoms with van der Waals surface area (Å²) in [5.41, 5.74) is 9.16. The average Bonchev–Trinajstić information content (AvgIpc) is 3.33. The molecule has 3 N–H and O–H groups in total. The zero-order chi connectivity index (χ0) is 20.2. The van der Waals surface area contributed by atoms with Crippen molar-refractivity contribution < 1.29 is 14.4 Å². The minimum absolute atomic E-state index is 0.0852. The minimum atomic E-state index is -0.563. The van der Waals surface area contributed by atoms with Gasteiger partial charge >= 0.3 is 0 Å². The van der Waals surface area contributed by atoms with Gasteiger partial charge in [0.1, 0.15) is 6.04 Å². The van der Waals surface area contributed by atoms with Gasteiger partial charge < -0.3 is 10.6 Å². The van der Waals surface area contributed by atoms with E-state index in [1.807, 2.05) is 18.2 Å². The third-order valence-corrected chi connectivity index (χ3v) is 7.55. The maximum Gasteiger partial charge on any atom is 0.255 e. The van der Waals surface area contributed by atoms with Crippen LogP contribution in [0.15, 0.2) is 18.2 Å². The Kier molecular flexibility index (Phi) is 4.47. The van der Waals surface area contributed by atoms with E-state index in [9.17, 15) is 14.4 Å². The first kappa shape index (κ1) is 18.8. The summed E-state index contributed by atoms with van der Waals surface area (Å²) in [7, 11) is 0. The number of nitrogens with zero attached hydrogens (tertiary/aromatic N) is 2. The molecule has 2 saturated heterocycles. The van der Waals surface area contributed by atoms with Gasteiger partial charge in [0, 0.05) is 38.2 Å². The fraction of sp³-hybridized carbons (Fsp3) is 0.591. The van der Waals surface area contributed by atoms with E-state index in [1.54, 1.807) is 4.90 Å². The van der Waals surface area contributed by atoms with Crippen molar-refractivity contribution in [1.29, 1.82) is 0 Å². The molecule has 3 atom stereocenters. The molecule has 0 radical (unpaired) electrons. The summed E-state index contributed by atoms with van der Waals surface area (Å²) >= 11 is 0. The summed E-state index contributed by atoms with van der Waals surface area (Å²) in [6.07, 6.45) is 4.41. The Morgan fingerprint density at radius 2 is 2.07 bits per heavy atom. The fourth-order valence-electron chi connectivity index (χ4n) is 6.04. The zero-order valence-corrected chi connectivity index (χ0v) is 16.7. The lowest BCUT2D eigenvalue weighted by atomic mass is 9.81. The Hall–Kier alpha value is -2.25. The normalized spacial score (nSPS) is 31.9. The van der Waals surface area contributed by atoms with Crippen LogP contribution in [0.3, 0.4) is 0 Å². The van der Waals surface area contributed by atoms with Crippen molar-refractivity contribution in [3.63, 3.8) is 0 Å². The van der Waals surface area contributed by atoms with Crippen molar-refractivity contribution in [1.82, 2.24) is 15.1 Å². The van der Waals surface area contributed by atoms with E-state index < -0.39 is 6.04 Å². The lowest BCUT2D eigenvalue weighted by Crippen LogP contribution is -2.52. The summed E-state index contributed by atoms with van der Waals surface area (Å²) in [5, 5.41) is 2.37. The summed E-state index contributed by atoms with van der Waals surface area (Å²) in [5.74, 6) is -0.0383. The number of hydrogen-bond acceptors (Lipinski definition) is 5. The standard InChI is InChI=1S/C22H28N4O3/c23-12-22-8-2-5-16(22)11-25(13-22)9-14-3-1-4-15-10-26(21(29)19(14)15)17-6-7-18(27)24-20(17)28/h1,3-4,16-17H,2,5-13,23H2,(H,24,27,28)/t16-,17?,22-/m0/s1. The quantitative estimate of drug-likeness (QED) is 0.741. The van der Waals surface area contributed by atoms with Crippen molar-refractivity contribution in [3.05, 3.63) is 34.9 Å². The first-order valence-corrected chi connectivity index (χ1v) is 10.7. The molecule has 29 heavy (non-hydrogen) atoms. The summed E-state index contributed by atoms with van der Waals surface area (Å²) in [6, 6.07) is 5.45. The first-order chi connectivity index (χ1) is 14.0. The number of hydrogen-bond donors (Lipinski definition) is 2. The predicted molar refractivity (Wildman–Crippen MR) is 107 cm³/mol. The minimum Gasteiger partial charge on any atom is -0.330 e. The van der Waals surface area contributed by atoms with Gasteiger partial charge in [-0.2, -0.15) is 0 Å². The van der Waals surface area contributed by atoms with Crippen LogP contribution in [0, 0.1) is 11.3 Å². The van der Waals surface area contributed by atoms with Crippen LogP contribution in [0.4, 0.5) is 0 Å². The van der Waals surface area contributed by atoms with Gasteiger partial charge in [0.25, 0.3) is 5.91 Å². The van der Waals surface area contributed by atoms with Crippen molar-refractivity contribution in [2.45, 2.75) is 51.2 Å². The van der Waals surface area contributed by atoms with Crippen LogP contribution < -0.4 is 11.1 Å². The number of amides is 3. The van der Waals surface area contributed by atoms with Crippen LogP contribution in [-0.2, 0) is 22.7 Å². The second-order valence-corrected chi connectivity index (χ2v) is 9.18. The molecular formula is C22H28N4O3. The van der Waals surface area contributed by atoms with Crippen molar-refractivity contribution in [2.24, 2.45) is 17.1 Å². The highest BCUT2D eigenvalue weighted by Gasteiger charge is 2.48. The monoisotopic (exact) mass is 396 g/mol. The van der Waals surface area contributed by atoms with Crippen LogP contribution in [0.25, 0.3) is 0 Å². The SMILES string of the molecule is NC[C@]12CCC[C@H]1CN(Cc1cccc3c1C(=O)N(C1CCC(=O)NC1=O)C3)C2. The van der Waals surface area contributed by atoms with E-state index >= 15 is 0 Å². The molecule has 3 heterocycles. The molecule has 4 aliphatic rings. The second kappa shape index (κ2) is 6.92. The number of likely N-dealkylation sites (tertiary alicyclic amines) is 1. The number of benzene rings is 1. The second-order valence-electron chi connectivity index (χ2n) is 9.18. The van der Waals surface area contributed by atoms with Gasteiger partial charge in [-0.05, 0) is 48.3 Å². The molecule has 1 saturated carbocycles. The molecular weight excluding hydrogens is 368 g/mol. The average molecular weight is 396 g/mol. The van der Waals surface area contributed by atoms with Gasteiger partial charge in [0.05, 0.1) is 0 Å². The predicted octanol–water partition coefficient (Wildman–Crippen LogP) is 1.01. The Morgan fingerprint density at radius 3 is 2.83 bits per heavy atom. The number of carbonyl (C=O) groups is 3. The highest BCUT2D eigenvalue weighted by atomic mass is 16.2. The lowest BCUT2D eigenvalue weighted by molar-refractivity contribution is -0.136. The first-order valence-electron chi connectivity index (χ1n) is 10.7. The Bertz CT molecular complexity index is 885. The van der Waals surface area contributed by atoms with E-state index in [4.69, 9.17) is 5.73 Å². The number of carbonyl (C=O) groups excluding carboxylic acids is 3. The van der Waals surface area contributed by atoms with Crippen LogP contribution in [0.2, 0.25) is 0 Å². The van der Waals surface area contributed by atoms with Gasteiger partial charge in [-0.25, -0.2) is 0 Å². The number of piperidine rings is 1. The van der Waals surface area contributed by atoms with E-state index in [0.29, 0.717) is 18.9 Å². The molecule has 3 amide bonds. The lowest BCUT2D eigenvalue weighted by Gasteiger charge is -2.29. The van der Waals surface area contributed by atoms with Crippen molar-refractivity contribution >= 4 is 17.7 Å². The third kappa shape index (κ3) is 2.99. The molecule has 7 nitrogen and oxygen atoms in total. The Morgan fingerprint density at radius 1 is 1.21 bits per heavy atom. The van der Waals surface area contributed by atoms with E-state index in [0.717, 1.165) is 42.9 Å². The molecule has 1 unspecified atom stereocenters. The number of nitrogens with one attached hydrogen (secondary N) is 1. The van der Waals surface area contributed by atoms with Gasteiger partial charge in [-0.1, -0.05) is 24.6 Å². The fourth-order valence-corrected chi connectivity index (χ4v) is 6.04. The topological polar surface area (TPSA) is 95.7 Å². The summed E-state index contributed by atoms with van der Waals surface area (Å²) < 4.78 is 0. The number of imide groups is 1. The third-order valence-electron chi connectivity index (χ3n) is 7.55. The van der Waals surface area contributed by atoms with Gasteiger partial charge in [0.15, 0.2) is 0 Å². The highest BCUT2D eigenvalue weighted by molar-refractivity contribution is 6.05. The summed E-state index contributed by atoms with van der Waals surface area (Å²) in [4.78, 5) is 41.1. The molecule has 1 aliphatic carbocycles. The van der Waals surface area contributed by atoms with Crippen LogP contribution in [0.1, 0.15) is 53.6 Å². The van der Waals surface area contributed by atoms with Gasteiger partial charge in [0.2, 0.25) is 11.8 Å². The number of rotatable bonds is 4. The molecule has 0 aromatic heterocycles. The van der Waals surface area contributed by atoms with Crippen molar-refractivity contribution in [3.8, 4) is 0 Å². The molecule has 3 aliphatic heterocycles. The highest BCUT2D eigenvalue weighted by Crippen LogP contribution is 2.48. The van der Waals surface area contributed by atoms with Gasteiger partial charge in [-0.15, -0.1) is 0 Å². The Labute approximate surface area is 170 Å².